The molecule has 90 valence electrons. The summed E-state index contributed by atoms with van der Waals surface area (Å²) in [7, 11) is 0. The standard InChI is InChI=1S/C11H11FN2O3/c1-5-7(12)2-3-8(13-5)6-4-9(11(16)17)14-10(6)15/h2-3,6,9H,4H2,1H3,(H,14,15)(H,16,17)/t6?,9-/m0/s1. The number of aliphatic carboxylic acids is 1. The maximum Gasteiger partial charge on any atom is 0.326 e. The van der Waals surface area contributed by atoms with Crippen LogP contribution in [0.5, 0.6) is 0 Å². The van der Waals surface area contributed by atoms with Crippen LogP contribution >= 0.6 is 0 Å². The van der Waals surface area contributed by atoms with Crippen molar-refractivity contribution in [1.82, 2.24) is 10.3 Å². The van der Waals surface area contributed by atoms with Gasteiger partial charge in [-0.05, 0) is 25.5 Å². The summed E-state index contributed by atoms with van der Waals surface area (Å²) in [5.41, 5.74) is 0.610. The van der Waals surface area contributed by atoms with Gasteiger partial charge in [0.1, 0.15) is 11.9 Å². The quantitative estimate of drug-likeness (QED) is 0.790. The number of nitrogens with zero attached hydrogens (tertiary/aromatic N) is 1. The maximum absolute atomic E-state index is 13.0. The third kappa shape index (κ3) is 2.11. The van der Waals surface area contributed by atoms with Crippen LogP contribution in [-0.2, 0) is 9.59 Å². The van der Waals surface area contributed by atoms with Crippen LogP contribution in [0.25, 0.3) is 0 Å². The summed E-state index contributed by atoms with van der Waals surface area (Å²) in [5, 5.41) is 11.2. The van der Waals surface area contributed by atoms with Gasteiger partial charge in [-0.1, -0.05) is 0 Å². The van der Waals surface area contributed by atoms with Crippen LogP contribution in [-0.4, -0.2) is 28.0 Å². The summed E-state index contributed by atoms with van der Waals surface area (Å²) in [6.45, 7) is 1.50. The molecule has 0 aliphatic carbocycles. The van der Waals surface area contributed by atoms with Gasteiger partial charge in [0.2, 0.25) is 5.91 Å². The Morgan fingerprint density at radius 2 is 2.29 bits per heavy atom. The summed E-state index contributed by atoms with van der Waals surface area (Å²) in [5.74, 6) is -2.51. The van der Waals surface area contributed by atoms with Crippen LogP contribution in [0.3, 0.4) is 0 Å². The van der Waals surface area contributed by atoms with E-state index >= 15 is 0 Å². The lowest BCUT2D eigenvalue weighted by atomic mass is 10.0. The fourth-order valence-corrected chi connectivity index (χ4v) is 1.85. The number of rotatable bonds is 2. The Hall–Kier alpha value is -1.98. The lowest BCUT2D eigenvalue weighted by Crippen LogP contribution is -2.32. The number of nitrogens with one attached hydrogen (secondary N) is 1. The Kier molecular flexibility index (Phi) is 2.79. The molecule has 1 aromatic heterocycles. The van der Waals surface area contributed by atoms with Gasteiger partial charge in [-0.25, -0.2) is 9.18 Å². The average molecular weight is 238 g/mol. The zero-order valence-electron chi connectivity index (χ0n) is 9.11. The number of aromatic nitrogens is 1. The molecule has 17 heavy (non-hydrogen) atoms. The lowest BCUT2D eigenvalue weighted by Gasteiger charge is -2.07. The average Bonchev–Trinajstić information content (AvgIpc) is 2.65. The predicted octanol–water partition coefficient (Wildman–Crippen LogP) is 0.586. The van der Waals surface area contributed by atoms with E-state index in [1.54, 1.807) is 0 Å². The number of hydrogen-bond donors (Lipinski definition) is 2. The van der Waals surface area contributed by atoms with E-state index in [-0.39, 0.29) is 18.0 Å². The van der Waals surface area contributed by atoms with Crippen molar-refractivity contribution in [1.29, 1.82) is 0 Å². The minimum Gasteiger partial charge on any atom is -0.480 e. The second kappa shape index (κ2) is 4.12. The second-order valence-electron chi connectivity index (χ2n) is 3.99. The van der Waals surface area contributed by atoms with E-state index in [0.29, 0.717) is 5.69 Å². The molecule has 0 spiro atoms. The van der Waals surface area contributed by atoms with E-state index in [1.165, 1.54) is 19.1 Å². The number of carbonyl (C=O) groups is 2. The summed E-state index contributed by atoms with van der Waals surface area (Å²) < 4.78 is 13.0. The highest BCUT2D eigenvalue weighted by Crippen LogP contribution is 2.26. The maximum atomic E-state index is 13.0. The van der Waals surface area contributed by atoms with Crippen LogP contribution in [0, 0.1) is 12.7 Å². The van der Waals surface area contributed by atoms with Crippen molar-refractivity contribution in [3.05, 3.63) is 29.3 Å². The van der Waals surface area contributed by atoms with Crippen molar-refractivity contribution in [2.45, 2.75) is 25.3 Å². The number of carboxylic acids is 1. The van der Waals surface area contributed by atoms with E-state index in [9.17, 15) is 14.0 Å². The minimum absolute atomic E-state index is 0.145. The van der Waals surface area contributed by atoms with Crippen molar-refractivity contribution in [2.24, 2.45) is 0 Å². The van der Waals surface area contributed by atoms with E-state index in [0.717, 1.165) is 0 Å². The van der Waals surface area contributed by atoms with E-state index in [4.69, 9.17) is 5.11 Å². The number of hydrogen-bond acceptors (Lipinski definition) is 3. The molecule has 1 fully saturated rings. The Labute approximate surface area is 96.7 Å². The van der Waals surface area contributed by atoms with Crippen LogP contribution < -0.4 is 5.32 Å². The molecule has 2 atom stereocenters. The predicted molar refractivity (Wildman–Crippen MR) is 55.9 cm³/mol. The first-order valence-electron chi connectivity index (χ1n) is 5.15. The zero-order valence-corrected chi connectivity index (χ0v) is 9.11. The van der Waals surface area contributed by atoms with Crippen molar-refractivity contribution >= 4 is 11.9 Å². The number of pyridine rings is 1. The van der Waals surface area contributed by atoms with Crippen LogP contribution in [0.2, 0.25) is 0 Å². The molecular weight excluding hydrogens is 227 g/mol. The zero-order chi connectivity index (χ0) is 12.6. The molecule has 2 heterocycles. The normalized spacial score (nSPS) is 23.5. The molecule has 2 N–H and O–H groups in total. The number of aryl methyl sites for hydroxylation is 1. The van der Waals surface area contributed by atoms with Crippen molar-refractivity contribution in [3.8, 4) is 0 Å². The Morgan fingerprint density at radius 3 is 2.82 bits per heavy atom. The molecule has 1 saturated heterocycles. The number of halogens is 1. The molecule has 1 amide bonds. The molecule has 0 aromatic carbocycles. The van der Waals surface area contributed by atoms with Gasteiger partial charge in [0, 0.05) is 0 Å². The summed E-state index contributed by atoms with van der Waals surface area (Å²) in [6, 6.07) is 1.76. The minimum atomic E-state index is -1.07. The largest absolute Gasteiger partial charge is 0.480 e. The number of amides is 1. The first-order valence-corrected chi connectivity index (χ1v) is 5.15. The van der Waals surface area contributed by atoms with Crippen molar-refractivity contribution in [3.63, 3.8) is 0 Å². The molecule has 0 radical (unpaired) electrons. The fraction of sp³-hybridized carbons (Fsp3) is 0.364. The highest BCUT2D eigenvalue weighted by Gasteiger charge is 2.37. The topological polar surface area (TPSA) is 79.3 Å². The van der Waals surface area contributed by atoms with Gasteiger partial charge in [-0.2, -0.15) is 0 Å². The van der Waals surface area contributed by atoms with Crippen LogP contribution in [0.1, 0.15) is 23.7 Å². The van der Waals surface area contributed by atoms with Crippen LogP contribution in [0.4, 0.5) is 4.39 Å². The van der Waals surface area contributed by atoms with Crippen molar-refractivity contribution in [2.75, 3.05) is 0 Å². The molecule has 1 aliphatic heterocycles. The smallest absolute Gasteiger partial charge is 0.326 e. The Morgan fingerprint density at radius 1 is 1.59 bits per heavy atom. The van der Waals surface area contributed by atoms with Crippen LogP contribution in [0.15, 0.2) is 12.1 Å². The number of carboxylic acid groups (broad SMARTS) is 1. The molecular formula is C11H11FN2O3. The third-order valence-corrected chi connectivity index (χ3v) is 2.80. The highest BCUT2D eigenvalue weighted by atomic mass is 19.1. The van der Waals surface area contributed by atoms with E-state index < -0.39 is 23.7 Å². The Balaban J connectivity index is 2.26. The molecule has 6 heteroatoms. The molecule has 0 saturated carbocycles. The highest BCUT2D eigenvalue weighted by molar-refractivity contribution is 5.91. The van der Waals surface area contributed by atoms with E-state index in [1.807, 2.05) is 0 Å². The van der Waals surface area contributed by atoms with Gasteiger partial charge < -0.3 is 10.4 Å². The summed E-state index contributed by atoms with van der Waals surface area (Å²) >= 11 is 0. The van der Waals surface area contributed by atoms with Gasteiger partial charge in [-0.15, -0.1) is 0 Å². The molecule has 1 aromatic rings. The van der Waals surface area contributed by atoms with Gasteiger partial charge >= 0.3 is 5.97 Å². The first-order chi connectivity index (χ1) is 7.99. The first kappa shape index (κ1) is 11.5. The molecule has 0 bridgehead atoms. The number of carbonyl (C=O) groups excluding carboxylic acids is 1. The fourth-order valence-electron chi connectivity index (χ4n) is 1.85. The summed E-state index contributed by atoms with van der Waals surface area (Å²) in [6.07, 6.45) is 0.145. The van der Waals surface area contributed by atoms with Crippen molar-refractivity contribution < 1.29 is 19.1 Å². The monoisotopic (exact) mass is 238 g/mol. The van der Waals surface area contributed by atoms with Gasteiger partial charge in [0.05, 0.1) is 17.3 Å². The molecule has 5 nitrogen and oxygen atoms in total. The second-order valence-corrected chi connectivity index (χ2v) is 3.99. The molecule has 1 aliphatic rings. The lowest BCUT2D eigenvalue weighted by molar-refractivity contribution is -0.140. The SMILES string of the molecule is Cc1nc(C2C[C@@H](C(=O)O)NC2=O)ccc1F. The van der Waals surface area contributed by atoms with E-state index in [2.05, 4.69) is 10.3 Å². The van der Waals surface area contributed by atoms with Gasteiger partial charge in [0.25, 0.3) is 0 Å². The third-order valence-electron chi connectivity index (χ3n) is 2.80. The Bertz CT molecular complexity index is 490. The summed E-state index contributed by atoms with van der Waals surface area (Å²) in [4.78, 5) is 26.3. The van der Waals surface area contributed by atoms with Gasteiger partial charge in [-0.3, -0.25) is 9.78 Å². The molecule has 2 rings (SSSR count). The van der Waals surface area contributed by atoms with Gasteiger partial charge in [0.15, 0.2) is 0 Å². The molecule has 1 unspecified atom stereocenters.